The van der Waals surface area contributed by atoms with Gasteiger partial charge in [-0.15, -0.1) is 0 Å². The van der Waals surface area contributed by atoms with Gasteiger partial charge in [-0.3, -0.25) is 9.59 Å². The van der Waals surface area contributed by atoms with E-state index in [1.54, 1.807) is 24.1 Å². The second-order valence-corrected chi connectivity index (χ2v) is 7.71. The van der Waals surface area contributed by atoms with E-state index in [4.69, 9.17) is 14.2 Å². The molecule has 0 unspecified atom stereocenters. The highest BCUT2D eigenvalue weighted by atomic mass is 16.6. The third-order valence-electron chi connectivity index (χ3n) is 5.69. The largest absolute Gasteiger partial charge is 0.493 e. The third kappa shape index (κ3) is 4.93. The van der Waals surface area contributed by atoms with Gasteiger partial charge in [-0.1, -0.05) is 30.3 Å². The van der Waals surface area contributed by atoms with Crippen molar-refractivity contribution in [3.05, 3.63) is 53.6 Å². The lowest BCUT2D eigenvalue weighted by atomic mass is 10.1. The molecule has 1 saturated heterocycles. The molecule has 2 aliphatic heterocycles. The first kappa shape index (κ1) is 21.0. The highest BCUT2D eigenvalue weighted by Crippen LogP contribution is 2.40. The summed E-state index contributed by atoms with van der Waals surface area (Å²) in [6.07, 6.45) is 2.26. The fourth-order valence-electron chi connectivity index (χ4n) is 3.98. The van der Waals surface area contributed by atoms with E-state index in [0.717, 1.165) is 12.8 Å². The number of amides is 2. The van der Waals surface area contributed by atoms with Crippen LogP contribution < -0.4 is 14.2 Å². The summed E-state index contributed by atoms with van der Waals surface area (Å²) in [5.41, 5.74) is 1.75. The summed E-state index contributed by atoms with van der Waals surface area (Å²) < 4.78 is 16.6. The van der Waals surface area contributed by atoms with E-state index in [1.807, 2.05) is 23.1 Å². The molecule has 2 amide bonds. The van der Waals surface area contributed by atoms with Crippen molar-refractivity contribution in [1.82, 2.24) is 9.80 Å². The van der Waals surface area contributed by atoms with E-state index in [-0.39, 0.29) is 11.8 Å². The zero-order chi connectivity index (χ0) is 21.6. The van der Waals surface area contributed by atoms with Crippen molar-refractivity contribution in [1.29, 1.82) is 0 Å². The first-order valence-corrected chi connectivity index (χ1v) is 10.7. The molecule has 0 N–H and O–H groups in total. The molecule has 2 aromatic carbocycles. The number of hydrogen-bond acceptors (Lipinski definition) is 5. The number of aryl methyl sites for hydroxylation is 1. The summed E-state index contributed by atoms with van der Waals surface area (Å²) in [5, 5.41) is 0. The quantitative estimate of drug-likeness (QED) is 0.713. The Hall–Kier alpha value is -3.22. The van der Waals surface area contributed by atoms with Crippen LogP contribution >= 0.6 is 0 Å². The lowest BCUT2D eigenvalue weighted by Crippen LogP contribution is -2.50. The predicted octanol–water partition coefficient (Wildman–Crippen LogP) is 2.77. The summed E-state index contributed by atoms with van der Waals surface area (Å²) in [7, 11) is 1.55. The van der Waals surface area contributed by atoms with Gasteiger partial charge in [0.25, 0.3) is 5.91 Å². The summed E-state index contributed by atoms with van der Waals surface area (Å²) >= 11 is 0. The van der Waals surface area contributed by atoms with Crippen LogP contribution in [0.15, 0.2) is 42.5 Å². The van der Waals surface area contributed by atoms with Crippen molar-refractivity contribution in [3.63, 3.8) is 0 Å². The number of benzene rings is 2. The first-order chi connectivity index (χ1) is 15.2. The van der Waals surface area contributed by atoms with Gasteiger partial charge in [-0.25, -0.2) is 0 Å². The van der Waals surface area contributed by atoms with Crippen LogP contribution in [-0.2, 0) is 11.2 Å². The molecule has 164 valence electrons. The molecule has 4 rings (SSSR count). The Morgan fingerprint density at radius 1 is 0.968 bits per heavy atom. The van der Waals surface area contributed by atoms with Gasteiger partial charge in [-0.05, 0) is 30.5 Å². The Balaban J connectivity index is 1.30. The minimum absolute atomic E-state index is 0.0912. The van der Waals surface area contributed by atoms with Crippen molar-refractivity contribution in [2.75, 3.05) is 46.5 Å². The summed E-state index contributed by atoms with van der Waals surface area (Å²) in [4.78, 5) is 29.2. The van der Waals surface area contributed by atoms with Gasteiger partial charge in [0.05, 0.1) is 7.11 Å². The van der Waals surface area contributed by atoms with E-state index >= 15 is 0 Å². The van der Waals surface area contributed by atoms with E-state index in [0.29, 0.717) is 68.6 Å². The van der Waals surface area contributed by atoms with Gasteiger partial charge in [0.1, 0.15) is 13.2 Å². The lowest BCUT2D eigenvalue weighted by Gasteiger charge is -2.35. The molecule has 31 heavy (non-hydrogen) atoms. The standard InChI is InChI=1S/C24H28N2O5/c1-29-20-16-19(17-21-23(20)31-15-14-30-21)24(28)26-12-10-25(11-13-26)22(27)9-5-8-18-6-3-2-4-7-18/h2-4,6-7,16-17H,5,8-15H2,1H3. The zero-order valence-corrected chi connectivity index (χ0v) is 17.8. The monoisotopic (exact) mass is 424 g/mol. The second kappa shape index (κ2) is 9.73. The van der Waals surface area contributed by atoms with E-state index in [1.165, 1.54) is 5.56 Å². The molecule has 1 fully saturated rings. The first-order valence-electron chi connectivity index (χ1n) is 10.7. The van der Waals surface area contributed by atoms with Crippen LogP contribution in [0.2, 0.25) is 0 Å². The smallest absolute Gasteiger partial charge is 0.254 e. The SMILES string of the molecule is COc1cc(C(=O)N2CCN(C(=O)CCCc3ccccc3)CC2)cc2c1OCCO2. The molecule has 0 bridgehead atoms. The van der Waals surface area contributed by atoms with E-state index in [9.17, 15) is 9.59 Å². The topological polar surface area (TPSA) is 68.3 Å². The fourth-order valence-corrected chi connectivity index (χ4v) is 3.98. The number of carbonyl (C=O) groups is 2. The normalized spacial score (nSPS) is 15.5. The Labute approximate surface area is 182 Å². The molecule has 7 heteroatoms. The number of nitrogens with zero attached hydrogens (tertiary/aromatic N) is 2. The van der Waals surface area contributed by atoms with Crippen LogP contribution in [0.4, 0.5) is 0 Å². The maximum absolute atomic E-state index is 13.0. The maximum Gasteiger partial charge on any atom is 0.254 e. The fraction of sp³-hybridized carbons (Fsp3) is 0.417. The Bertz CT molecular complexity index is 906. The average Bonchev–Trinajstić information content (AvgIpc) is 2.83. The van der Waals surface area contributed by atoms with Gasteiger partial charge >= 0.3 is 0 Å². The predicted molar refractivity (Wildman–Crippen MR) is 116 cm³/mol. The minimum Gasteiger partial charge on any atom is -0.493 e. The molecule has 2 aromatic rings. The van der Waals surface area contributed by atoms with Gasteiger partial charge in [0.15, 0.2) is 11.5 Å². The molecule has 0 aliphatic carbocycles. The number of carbonyl (C=O) groups excluding carboxylic acids is 2. The number of fused-ring (bicyclic) bond motifs is 1. The molecule has 0 aromatic heterocycles. The zero-order valence-electron chi connectivity index (χ0n) is 17.8. The van der Waals surface area contributed by atoms with Crippen LogP contribution in [0.25, 0.3) is 0 Å². The van der Waals surface area contributed by atoms with Crippen molar-refractivity contribution >= 4 is 11.8 Å². The molecule has 2 aliphatic rings. The molecule has 0 spiro atoms. The van der Waals surface area contributed by atoms with Crippen LogP contribution in [0, 0.1) is 0 Å². The lowest BCUT2D eigenvalue weighted by molar-refractivity contribution is -0.132. The average molecular weight is 424 g/mol. The van der Waals surface area contributed by atoms with E-state index < -0.39 is 0 Å². The molecule has 0 saturated carbocycles. The number of piperazine rings is 1. The Morgan fingerprint density at radius 2 is 1.68 bits per heavy atom. The molecule has 7 nitrogen and oxygen atoms in total. The van der Waals surface area contributed by atoms with Crippen molar-refractivity contribution in [3.8, 4) is 17.2 Å². The van der Waals surface area contributed by atoms with Gasteiger partial charge in [0.2, 0.25) is 11.7 Å². The molecular weight excluding hydrogens is 396 g/mol. The van der Waals surface area contributed by atoms with Crippen LogP contribution in [0.3, 0.4) is 0 Å². The van der Waals surface area contributed by atoms with Gasteiger partial charge in [-0.2, -0.15) is 0 Å². The molecular formula is C24H28N2O5. The van der Waals surface area contributed by atoms with Crippen LogP contribution in [0.1, 0.15) is 28.8 Å². The highest BCUT2D eigenvalue weighted by molar-refractivity contribution is 5.96. The van der Waals surface area contributed by atoms with Gasteiger partial charge in [0, 0.05) is 38.2 Å². The minimum atomic E-state index is -0.0912. The number of methoxy groups -OCH3 is 1. The maximum atomic E-state index is 13.0. The number of rotatable bonds is 6. The Morgan fingerprint density at radius 3 is 2.42 bits per heavy atom. The molecule has 2 heterocycles. The summed E-state index contributed by atoms with van der Waals surface area (Å²) in [6.45, 7) is 3.03. The summed E-state index contributed by atoms with van der Waals surface area (Å²) in [6, 6.07) is 13.6. The highest BCUT2D eigenvalue weighted by Gasteiger charge is 2.27. The van der Waals surface area contributed by atoms with Gasteiger partial charge < -0.3 is 24.0 Å². The van der Waals surface area contributed by atoms with Crippen molar-refractivity contribution in [2.45, 2.75) is 19.3 Å². The number of ether oxygens (including phenoxy) is 3. The molecule has 0 radical (unpaired) electrons. The van der Waals surface area contributed by atoms with E-state index in [2.05, 4.69) is 12.1 Å². The number of hydrogen-bond donors (Lipinski definition) is 0. The molecule has 0 atom stereocenters. The third-order valence-corrected chi connectivity index (χ3v) is 5.69. The van der Waals surface area contributed by atoms with Crippen molar-refractivity contribution < 1.29 is 23.8 Å². The van der Waals surface area contributed by atoms with Crippen LogP contribution in [0.5, 0.6) is 17.2 Å². The second-order valence-electron chi connectivity index (χ2n) is 7.71. The van der Waals surface area contributed by atoms with Crippen LogP contribution in [-0.4, -0.2) is 68.1 Å². The van der Waals surface area contributed by atoms with Crippen molar-refractivity contribution in [2.24, 2.45) is 0 Å². The Kier molecular flexibility index (Phi) is 6.60. The summed E-state index contributed by atoms with van der Waals surface area (Å²) in [5.74, 6) is 1.63.